The molecular formula is C15H16N2O3S. The molecule has 1 saturated heterocycles. The molecule has 0 spiro atoms. The Kier molecular flexibility index (Phi) is 5.26. The van der Waals surface area contributed by atoms with Gasteiger partial charge in [-0.1, -0.05) is 30.5 Å². The van der Waals surface area contributed by atoms with Gasteiger partial charge in [0.05, 0.1) is 0 Å². The van der Waals surface area contributed by atoms with E-state index in [9.17, 15) is 9.59 Å². The summed E-state index contributed by atoms with van der Waals surface area (Å²) in [6.45, 7) is 1.81. The highest BCUT2D eigenvalue weighted by Crippen LogP contribution is 2.20. The normalized spacial score (nSPS) is 16.9. The zero-order valence-corrected chi connectivity index (χ0v) is 12.4. The Bertz CT molecular complexity index is 619. The van der Waals surface area contributed by atoms with Crippen molar-refractivity contribution in [2.75, 3.05) is 17.7 Å². The molecule has 5 nitrogen and oxygen atoms in total. The van der Waals surface area contributed by atoms with Crippen LogP contribution >= 0.6 is 11.8 Å². The number of hydrogen-bond acceptors (Lipinski definition) is 4. The van der Waals surface area contributed by atoms with Gasteiger partial charge in [-0.05, 0) is 30.2 Å². The average molecular weight is 304 g/mol. The maximum absolute atomic E-state index is 12.1. The summed E-state index contributed by atoms with van der Waals surface area (Å²) >= 11 is 1.11. The maximum Gasteiger partial charge on any atom is 0.279 e. The van der Waals surface area contributed by atoms with Gasteiger partial charge in [0.1, 0.15) is 12.6 Å². The van der Waals surface area contributed by atoms with Crippen LogP contribution in [0, 0.1) is 11.8 Å². The van der Waals surface area contributed by atoms with E-state index in [0.29, 0.717) is 5.75 Å². The van der Waals surface area contributed by atoms with Crippen molar-refractivity contribution in [3.63, 3.8) is 0 Å². The van der Waals surface area contributed by atoms with Gasteiger partial charge in [0, 0.05) is 17.0 Å². The number of benzene rings is 1. The van der Waals surface area contributed by atoms with Crippen LogP contribution < -0.4 is 10.6 Å². The topological polar surface area (TPSA) is 78.4 Å². The number of anilines is 1. The van der Waals surface area contributed by atoms with Gasteiger partial charge in [0.25, 0.3) is 5.24 Å². The van der Waals surface area contributed by atoms with E-state index in [1.54, 1.807) is 12.1 Å². The van der Waals surface area contributed by atoms with Crippen LogP contribution in [0.1, 0.15) is 18.1 Å². The SMILES string of the molecule is CCc1cc(C#CCO)ccc1NC(=O)C1CSC(=O)N1. The van der Waals surface area contributed by atoms with Crippen LogP contribution in [0.5, 0.6) is 0 Å². The smallest absolute Gasteiger partial charge is 0.279 e. The van der Waals surface area contributed by atoms with Gasteiger partial charge in [0.2, 0.25) is 5.91 Å². The number of thioether (sulfide) groups is 1. The van der Waals surface area contributed by atoms with Crippen molar-refractivity contribution in [2.45, 2.75) is 19.4 Å². The fourth-order valence-electron chi connectivity index (χ4n) is 1.97. The molecule has 0 aromatic heterocycles. The third-order valence-corrected chi connectivity index (χ3v) is 3.93. The van der Waals surface area contributed by atoms with Gasteiger partial charge >= 0.3 is 0 Å². The minimum atomic E-state index is -0.485. The number of rotatable bonds is 3. The van der Waals surface area contributed by atoms with Crippen LogP contribution in [0.15, 0.2) is 18.2 Å². The Hall–Kier alpha value is -1.97. The molecule has 1 unspecified atom stereocenters. The van der Waals surface area contributed by atoms with Crippen LogP contribution in [0.2, 0.25) is 0 Å². The molecule has 0 saturated carbocycles. The van der Waals surface area contributed by atoms with Gasteiger partial charge < -0.3 is 15.7 Å². The largest absolute Gasteiger partial charge is 0.384 e. The Balaban J connectivity index is 2.12. The molecule has 0 bridgehead atoms. The van der Waals surface area contributed by atoms with Crippen LogP contribution in [-0.4, -0.2) is 34.7 Å². The fourth-order valence-corrected chi connectivity index (χ4v) is 2.75. The van der Waals surface area contributed by atoms with Crippen molar-refractivity contribution < 1.29 is 14.7 Å². The van der Waals surface area contributed by atoms with Crippen molar-refractivity contribution in [2.24, 2.45) is 0 Å². The second-order valence-corrected chi connectivity index (χ2v) is 5.46. The summed E-state index contributed by atoms with van der Waals surface area (Å²) in [6.07, 6.45) is 0.746. The van der Waals surface area contributed by atoms with Crippen molar-refractivity contribution in [3.05, 3.63) is 29.3 Å². The van der Waals surface area contributed by atoms with Crippen LogP contribution in [0.4, 0.5) is 10.5 Å². The first-order valence-electron chi connectivity index (χ1n) is 6.61. The third kappa shape index (κ3) is 4.00. The van der Waals surface area contributed by atoms with Gasteiger partial charge in [-0.15, -0.1) is 0 Å². The molecule has 110 valence electrons. The molecule has 1 fully saturated rings. The molecule has 3 N–H and O–H groups in total. The second kappa shape index (κ2) is 7.16. The highest BCUT2D eigenvalue weighted by molar-refractivity contribution is 8.14. The maximum atomic E-state index is 12.1. The van der Waals surface area contributed by atoms with Crippen LogP contribution in [0.3, 0.4) is 0 Å². The van der Waals surface area contributed by atoms with E-state index < -0.39 is 6.04 Å². The van der Waals surface area contributed by atoms with E-state index in [-0.39, 0.29) is 17.8 Å². The highest BCUT2D eigenvalue weighted by atomic mass is 32.2. The molecule has 1 atom stereocenters. The standard InChI is InChI=1S/C15H16N2O3S/c1-2-11-8-10(4-3-7-18)5-6-12(11)16-14(19)13-9-21-15(20)17-13/h5-6,8,13,18H,2,7,9H2,1H3,(H,16,19)(H,17,20). The molecule has 1 heterocycles. The first-order valence-corrected chi connectivity index (χ1v) is 7.59. The first kappa shape index (κ1) is 15.4. The second-order valence-electron chi connectivity index (χ2n) is 4.47. The molecule has 1 aromatic carbocycles. The molecule has 2 amide bonds. The summed E-state index contributed by atoms with van der Waals surface area (Å²) in [6, 6.07) is 4.99. The molecular weight excluding hydrogens is 288 g/mol. The first-order chi connectivity index (χ1) is 10.1. The van der Waals surface area contributed by atoms with Gasteiger partial charge in [-0.2, -0.15) is 0 Å². The molecule has 0 radical (unpaired) electrons. The summed E-state index contributed by atoms with van der Waals surface area (Å²) in [4.78, 5) is 23.2. The minimum Gasteiger partial charge on any atom is -0.384 e. The number of nitrogens with one attached hydrogen (secondary N) is 2. The predicted octanol–water partition coefficient (Wildman–Crippen LogP) is 1.36. The molecule has 21 heavy (non-hydrogen) atoms. The summed E-state index contributed by atoms with van der Waals surface area (Å²) in [5.41, 5.74) is 2.48. The Labute approximate surface area is 127 Å². The van der Waals surface area contributed by atoms with Gasteiger partial charge in [-0.25, -0.2) is 0 Å². The van der Waals surface area contributed by atoms with Crippen molar-refractivity contribution >= 4 is 28.6 Å². The number of carbonyl (C=O) groups excluding carboxylic acids is 2. The van der Waals surface area contributed by atoms with Crippen molar-refractivity contribution in [3.8, 4) is 11.8 Å². The third-order valence-electron chi connectivity index (χ3n) is 3.05. The molecule has 1 aliphatic heterocycles. The zero-order chi connectivity index (χ0) is 15.2. The van der Waals surface area contributed by atoms with Crippen molar-refractivity contribution in [1.82, 2.24) is 5.32 Å². The number of amides is 2. The van der Waals surface area contributed by atoms with E-state index in [1.807, 2.05) is 13.0 Å². The average Bonchev–Trinajstić information content (AvgIpc) is 2.92. The summed E-state index contributed by atoms with van der Waals surface area (Å²) < 4.78 is 0. The molecule has 0 aliphatic carbocycles. The number of aliphatic hydroxyl groups is 1. The monoisotopic (exact) mass is 304 g/mol. The summed E-state index contributed by atoms with van der Waals surface area (Å²) in [5, 5.41) is 14.0. The lowest BCUT2D eigenvalue weighted by Crippen LogP contribution is -2.38. The molecule has 1 aliphatic rings. The number of aliphatic hydroxyl groups excluding tert-OH is 1. The molecule has 1 aromatic rings. The van der Waals surface area contributed by atoms with E-state index in [1.165, 1.54) is 0 Å². The van der Waals surface area contributed by atoms with Gasteiger partial charge in [-0.3, -0.25) is 9.59 Å². The lowest BCUT2D eigenvalue weighted by molar-refractivity contribution is -0.117. The fraction of sp³-hybridized carbons (Fsp3) is 0.333. The Morgan fingerprint density at radius 2 is 2.38 bits per heavy atom. The predicted molar refractivity (Wildman–Crippen MR) is 83.2 cm³/mol. The molecule has 2 rings (SSSR count). The number of carbonyl (C=O) groups is 2. The molecule has 6 heteroatoms. The Morgan fingerprint density at radius 1 is 1.57 bits per heavy atom. The summed E-state index contributed by atoms with van der Waals surface area (Å²) in [7, 11) is 0. The quantitative estimate of drug-likeness (QED) is 0.737. The Morgan fingerprint density at radius 3 is 3.00 bits per heavy atom. The number of hydrogen-bond donors (Lipinski definition) is 3. The summed E-state index contributed by atoms with van der Waals surface area (Å²) in [5.74, 6) is 5.67. The van der Waals surface area contributed by atoms with E-state index >= 15 is 0 Å². The van der Waals surface area contributed by atoms with Crippen LogP contribution in [0.25, 0.3) is 0 Å². The van der Waals surface area contributed by atoms with Gasteiger partial charge in [0.15, 0.2) is 0 Å². The minimum absolute atomic E-state index is 0.166. The van der Waals surface area contributed by atoms with E-state index in [4.69, 9.17) is 5.11 Å². The highest BCUT2D eigenvalue weighted by Gasteiger charge is 2.28. The number of aryl methyl sites for hydroxylation is 1. The zero-order valence-electron chi connectivity index (χ0n) is 11.6. The lowest BCUT2D eigenvalue weighted by Gasteiger charge is -2.13. The lowest BCUT2D eigenvalue weighted by atomic mass is 10.1. The van der Waals surface area contributed by atoms with E-state index in [0.717, 1.165) is 35.0 Å². The van der Waals surface area contributed by atoms with Crippen molar-refractivity contribution in [1.29, 1.82) is 0 Å². The van der Waals surface area contributed by atoms with Crippen LogP contribution in [-0.2, 0) is 11.2 Å². The van der Waals surface area contributed by atoms with E-state index in [2.05, 4.69) is 22.5 Å².